The van der Waals surface area contributed by atoms with Gasteiger partial charge in [0.05, 0.1) is 0 Å². The first-order valence-corrected chi connectivity index (χ1v) is 3.76. The Hall–Kier alpha value is -1.52. The van der Waals surface area contributed by atoms with Gasteiger partial charge in [0.1, 0.15) is 0 Å². The molecule has 2 N–H and O–H groups in total. The SMILES string of the molecule is [B+2]c1cccc(-c2ccco2)c1.[OH-].[OH-]. The fourth-order valence-electron chi connectivity index (χ4n) is 1.13. The van der Waals surface area contributed by atoms with Crippen molar-refractivity contribution in [2.24, 2.45) is 0 Å². The Morgan fingerprint density at radius 2 is 1.79 bits per heavy atom. The van der Waals surface area contributed by atoms with E-state index < -0.39 is 0 Å². The van der Waals surface area contributed by atoms with E-state index in [1.165, 1.54) is 0 Å². The first kappa shape index (κ1) is 12.5. The molecule has 0 spiro atoms. The van der Waals surface area contributed by atoms with Gasteiger partial charge in [-0.15, -0.1) is 0 Å². The summed E-state index contributed by atoms with van der Waals surface area (Å²) in [6, 6.07) is 11.4. The Kier molecular flexibility index (Phi) is 4.70. The van der Waals surface area contributed by atoms with E-state index in [0.29, 0.717) is 0 Å². The minimum Gasteiger partial charge on any atom is -0.870 e. The summed E-state index contributed by atoms with van der Waals surface area (Å²) in [5, 5.41) is 0. The second kappa shape index (κ2) is 5.27. The summed E-state index contributed by atoms with van der Waals surface area (Å²) in [6.07, 6.45) is 1.65. The van der Waals surface area contributed by atoms with Crippen LogP contribution in [0.4, 0.5) is 0 Å². The van der Waals surface area contributed by atoms with Crippen LogP contribution in [0.1, 0.15) is 0 Å². The van der Waals surface area contributed by atoms with Crippen molar-refractivity contribution in [2.45, 2.75) is 0 Å². The molecule has 0 aliphatic carbocycles. The maximum absolute atomic E-state index is 5.62. The molecule has 0 unspecified atom stereocenters. The number of benzene rings is 1. The first-order valence-electron chi connectivity index (χ1n) is 3.76. The molecule has 70 valence electrons. The van der Waals surface area contributed by atoms with Gasteiger partial charge in [-0.1, -0.05) is 0 Å². The van der Waals surface area contributed by atoms with Crippen molar-refractivity contribution in [3.63, 3.8) is 0 Å². The van der Waals surface area contributed by atoms with E-state index in [4.69, 9.17) is 12.3 Å². The van der Waals surface area contributed by atoms with E-state index in [1.54, 1.807) is 6.26 Å². The second-order valence-electron chi connectivity index (χ2n) is 2.60. The second-order valence-corrected chi connectivity index (χ2v) is 2.60. The number of rotatable bonds is 1. The van der Waals surface area contributed by atoms with Crippen LogP contribution in [0.25, 0.3) is 11.3 Å². The Morgan fingerprint density at radius 1 is 1.00 bits per heavy atom. The molecule has 4 heteroatoms. The predicted octanol–water partition coefficient (Wildman–Crippen LogP) is 1.39. The van der Waals surface area contributed by atoms with Crippen molar-refractivity contribution < 1.29 is 15.4 Å². The molecule has 0 aliphatic heterocycles. The standard InChI is InChI=1S/C10H7BO.2H2O/c11-9-4-1-3-8(7-9)10-5-2-6-12-10;;/h1-7H;2*1H2/q+2;;/p-2. The van der Waals surface area contributed by atoms with E-state index in [2.05, 4.69) is 0 Å². The van der Waals surface area contributed by atoms with Crippen LogP contribution < -0.4 is 5.46 Å². The first-order chi connectivity index (χ1) is 5.86. The molecule has 1 aromatic heterocycles. The van der Waals surface area contributed by atoms with Gasteiger partial charge < -0.3 is 11.0 Å². The van der Waals surface area contributed by atoms with Gasteiger partial charge in [0, 0.05) is 0 Å². The molecule has 0 fully saturated rings. The van der Waals surface area contributed by atoms with Crippen LogP contribution in [-0.4, -0.2) is 18.8 Å². The Bertz CT molecular complexity index is 371. The number of hydrogen-bond acceptors (Lipinski definition) is 3. The zero-order valence-corrected chi connectivity index (χ0v) is 7.42. The van der Waals surface area contributed by atoms with Gasteiger partial charge in [-0.25, -0.2) is 0 Å². The molecular formula is C10H9BO3. The van der Waals surface area contributed by atoms with Gasteiger partial charge in [-0.3, -0.25) is 0 Å². The molecule has 1 aromatic carbocycles. The average Bonchev–Trinajstić information content (AvgIpc) is 2.56. The summed E-state index contributed by atoms with van der Waals surface area (Å²) < 4.78 is 5.22. The summed E-state index contributed by atoms with van der Waals surface area (Å²) >= 11 is 0. The van der Waals surface area contributed by atoms with E-state index in [1.807, 2.05) is 36.4 Å². The molecule has 1 heterocycles. The molecule has 0 aliphatic rings. The fraction of sp³-hybridized carbons (Fsp3) is 0. The Labute approximate surface area is 83.4 Å². The molecule has 0 atom stereocenters. The van der Waals surface area contributed by atoms with Crippen LogP contribution in [0, 0.1) is 0 Å². The van der Waals surface area contributed by atoms with Crippen LogP contribution in [0.3, 0.4) is 0 Å². The quantitative estimate of drug-likeness (QED) is 0.634. The van der Waals surface area contributed by atoms with Crippen molar-refractivity contribution in [2.75, 3.05) is 0 Å². The molecule has 0 bridgehead atoms. The van der Waals surface area contributed by atoms with Crippen LogP contribution in [-0.2, 0) is 0 Å². The van der Waals surface area contributed by atoms with Crippen molar-refractivity contribution in [3.05, 3.63) is 42.7 Å². The van der Waals surface area contributed by atoms with Crippen molar-refractivity contribution >= 4 is 13.3 Å². The van der Waals surface area contributed by atoms with Crippen LogP contribution in [0.15, 0.2) is 47.1 Å². The van der Waals surface area contributed by atoms with Crippen LogP contribution in [0.5, 0.6) is 0 Å². The van der Waals surface area contributed by atoms with Crippen LogP contribution >= 0.6 is 0 Å². The molecule has 0 saturated heterocycles. The van der Waals surface area contributed by atoms with Gasteiger partial charge in [0.25, 0.3) is 0 Å². The third-order valence-corrected chi connectivity index (χ3v) is 1.69. The third-order valence-electron chi connectivity index (χ3n) is 1.69. The van der Waals surface area contributed by atoms with E-state index in [0.717, 1.165) is 16.8 Å². The summed E-state index contributed by atoms with van der Waals surface area (Å²) in [4.78, 5) is 0. The molecular weight excluding hydrogens is 179 g/mol. The molecule has 2 rings (SSSR count). The smallest absolute Gasteiger partial charge is 0.870 e. The summed E-state index contributed by atoms with van der Waals surface area (Å²) in [5.74, 6) is 0.849. The molecule has 0 radical (unpaired) electrons. The van der Waals surface area contributed by atoms with Crippen molar-refractivity contribution in [1.82, 2.24) is 0 Å². The van der Waals surface area contributed by atoms with Gasteiger partial charge in [-0.05, 0) is 0 Å². The Morgan fingerprint density at radius 3 is 2.36 bits per heavy atom. The topological polar surface area (TPSA) is 73.1 Å². The minimum atomic E-state index is 0. The minimum absolute atomic E-state index is 0. The van der Waals surface area contributed by atoms with Gasteiger partial charge in [0.15, 0.2) is 0 Å². The zero-order chi connectivity index (χ0) is 8.39. The summed E-state index contributed by atoms with van der Waals surface area (Å²) in [6.45, 7) is 0. The molecule has 2 aromatic rings. The summed E-state index contributed by atoms with van der Waals surface area (Å²) in [5.41, 5.74) is 1.77. The molecule has 3 nitrogen and oxygen atoms in total. The number of hydrogen-bond donors (Lipinski definition) is 0. The van der Waals surface area contributed by atoms with Crippen LogP contribution in [0.2, 0.25) is 0 Å². The Balaban J connectivity index is 0.000000845. The summed E-state index contributed by atoms with van der Waals surface area (Å²) in [7, 11) is 5.62. The number of furan rings is 1. The van der Waals surface area contributed by atoms with Crippen molar-refractivity contribution in [1.29, 1.82) is 0 Å². The maximum atomic E-state index is 5.62. The van der Waals surface area contributed by atoms with E-state index in [-0.39, 0.29) is 11.0 Å². The largest absolute Gasteiger partial charge is 0.870 e. The monoisotopic (exact) mass is 188 g/mol. The molecule has 0 amide bonds. The van der Waals surface area contributed by atoms with Gasteiger partial charge in [0.2, 0.25) is 0 Å². The predicted molar refractivity (Wildman–Crippen MR) is 53.4 cm³/mol. The third kappa shape index (κ3) is 2.48. The maximum Gasteiger partial charge on any atom is -0.870 e. The molecule has 0 saturated carbocycles. The average molecular weight is 188 g/mol. The fourth-order valence-corrected chi connectivity index (χ4v) is 1.13. The van der Waals surface area contributed by atoms with Crippen molar-refractivity contribution in [3.8, 4) is 11.3 Å². The van der Waals surface area contributed by atoms with Gasteiger partial charge >= 0.3 is 71.7 Å². The zero-order valence-electron chi connectivity index (χ0n) is 7.42. The normalized spacial score (nSPS) is 8.71. The van der Waals surface area contributed by atoms with E-state index >= 15 is 0 Å². The van der Waals surface area contributed by atoms with Gasteiger partial charge in [-0.2, -0.15) is 0 Å². The van der Waals surface area contributed by atoms with E-state index in [9.17, 15) is 0 Å². The molecule has 14 heavy (non-hydrogen) atoms.